The number of aromatic nitrogens is 2. The Morgan fingerprint density at radius 1 is 1.71 bits per heavy atom. The number of fused-ring (bicyclic) bond motifs is 1. The standard InChI is InChI=1S/C11H17N3O3/c1-7-4-14-10(3-9(6-15)12-14)5-13(7)8(2)11(16)17/h3,7-8,15H,4-6H2,1-2H3,(H,16,17). The van der Waals surface area contributed by atoms with Gasteiger partial charge in [-0.1, -0.05) is 0 Å². The number of carbonyl (C=O) groups is 1. The van der Waals surface area contributed by atoms with Crippen molar-refractivity contribution < 1.29 is 15.0 Å². The zero-order valence-electron chi connectivity index (χ0n) is 10.00. The molecule has 0 saturated carbocycles. The topological polar surface area (TPSA) is 78.6 Å². The van der Waals surface area contributed by atoms with Crippen molar-refractivity contribution in [1.29, 1.82) is 0 Å². The number of aliphatic hydroxyl groups excluding tert-OH is 1. The van der Waals surface area contributed by atoms with Crippen LogP contribution in [0.2, 0.25) is 0 Å². The van der Waals surface area contributed by atoms with Gasteiger partial charge in [-0.2, -0.15) is 5.10 Å². The molecule has 1 aliphatic rings. The Labute approximate surface area is 99.5 Å². The summed E-state index contributed by atoms with van der Waals surface area (Å²) in [6, 6.07) is 1.44. The van der Waals surface area contributed by atoms with Crippen molar-refractivity contribution in [2.45, 2.75) is 45.6 Å². The molecule has 6 heteroatoms. The fraction of sp³-hybridized carbons (Fsp3) is 0.636. The van der Waals surface area contributed by atoms with E-state index >= 15 is 0 Å². The van der Waals surface area contributed by atoms with Gasteiger partial charge >= 0.3 is 5.97 Å². The van der Waals surface area contributed by atoms with E-state index in [9.17, 15) is 4.79 Å². The molecule has 0 bridgehead atoms. The van der Waals surface area contributed by atoms with E-state index in [4.69, 9.17) is 10.2 Å². The summed E-state index contributed by atoms with van der Waals surface area (Å²) >= 11 is 0. The van der Waals surface area contributed by atoms with E-state index in [0.717, 1.165) is 5.69 Å². The molecule has 2 heterocycles. The van der Waals surface area contributed by atoms with Gasteiger partial charge in [0.05, 0.1) is 24.5 Å². The van der Waals surface area contributed by atoms with E-state index in [2.05, 4.69) is 5.10 Å². The van der Waals surface area contributed by atoms with Crippen LogP contribution in [0.3, 0.4) is 0 Å². The van der Waals surface area contributed by atoms with Crippen LogP contribution in [0.1, 0.15) is 25.2 Å². The molecule has 2 unspecified atom stereocenters. The van der Waals surface area contributed by atoms with Crippen LogP contribution in [0, 0.1) is 0 Å². The Hall–Kier alpha value is -1.40. The number of hydrogen-bond acceptors (Lipinski definition) is 4. The van der Waals surface area contributed by atoms with Crippen LogP contribution < -0.4 is 0 Å². The van der Waals surface area contributed by atoms with Crippen molar-refractivity contribution in [3.8, 4) is 0 Å². The number of carboxylic acid groups (broad SMARTS) is 1. The number of carboxylic acids is 1. The third-order valence-corrected chi connectivity index (χ3v) is 3.28. The van der Waals surface area contributed by atoms with Crippen molar-refractivity contribution in [3.05, 3.63) is 17.5 Å². The molecule has 17 heavy (non-hydrogen) atoms. The second-order valence-corrected chi connectivity index (χ2v) is 4.50. The van der Waals surface area contributed by atoms with Crippen LogP contribution in [-0.4, -0.2) is 42.9 Å². The fourth-order valence-electron chi connectivity index (χ4n) is 2.24. The van der Waals surface area contributed by atoms with Crippen LogP contribution in [-0.2, 0) is 24.5 Å². The van der Waals surface area contributed by atoms with E-state index < -0.39 is 12.0 Å². The largest absolute Gasteiger partial charge is 0.480 e. The highest BCUT2D eigenvalue weighted by atomic mass is 16.4. The fourth-order valence-corrected chi connectivity index (χ4v) is 2.24. The van der Waals surface area contributed by atoms with Gasteiger partial charge in [0.1, 0.15) is 6.04 Å². The summed E-state index contributed by atoms with van der Waals surface area (Å²) in [6.07, 6.45) is 0. The second-order valence-electron chi connectivity index (χ2n) is 4.50. The van der Waals surface area contributed by atoms with Crippen LogP contribution >= 0.6 is 0 Å². The van der Waals surface area contributed by atoms with Gasteiger partial charge in [-0.15, -0.1) is 0 Å². The van der Waals surface area contributed by atoms with Crippen molar-refractivity contribution >= 4 is 5.97 Å². The number of aliphatic hydroxyl groups is 1. The number of nitrogens with zero attached hydrogens (tertiary/aromatic N) is 3. The molecule has 2 atom stereocenters. The molecule has 0 radical (unpaired) electrons. The molecule has 0 amide bonds. The molecular weight excluding hydrogens is 222 g/mol. The zero-order chi connectivity index (χ0) is 12.6. The molecule has 6 nitrogen and oxygen atoms in total. The van der Waals surface area contributed by atoms with Crippen LogP contribution in [0.5, 0.6) is 0 Å². The first kappa shape index (κ1) is 12.1. The zero-order valence-corrected chi connectivity index (χ0v) is 10.00. The molecule has 0 aliphatic carbocycles. The predicted molar refractivity (Wildman–Crippen MR) is 60.3 cm³/mol. The molecule has 2 N–H and O–H groups in total. The lowest BCUT2D eigenvalue weighted by atomic mass is 10.1. The summed E-state index contributed by atoms with van der Waals surface area (Å²) in [7, 11) is 0. The molecule has 1 aromatic rings. The number of rotatable bonds is 3. The van der Waals surface area contributed by atoms with Gasteiger partial charge in [-0.05, 0) is 19.9 Å². The second kappa shape index (κ2) is 4.46. The molecule has 1 aliphatic heterocycles. The molecular formula is C11H17N3O3. The maximum absolute atomic E-state index is 11.0. The lowest BCUT2D eigenvalue weighted by Gasteiger charge is -2.36. The Morgan fingerprint density at radius 2 is 2.41 bits per heavy atom. The van der Waals surface area contributed by atoms with Crippen LogP contribution in [0.15, 0.2) is 6.07 Å². The molecule has 0 fully saturated rings. The van der Waals surface area contributed by atoms with E-state index in [1.807, 2.05) is 22.6 Å². The maximum atomic E-state index is 11.0. The quantitative estimate of drug-likeness (QED) is 0.779. The summed E-state index contributed by atoms with van der Waals surface area (Å²) in [6.45, 7) is 4.82. The first-order valence-electron chi connectivity index (χ1n) is 5.68. The van der Waals surface area contributed by atoms with E-state index in [1.165, 1.54) is 0 Å². The summed E-state index contributed by atoms with van der Waals surface area (Å²) in [5.74, 6) is -0.813. The van der Waals surface area contributed by atoms with Crippen molar-refractivity contribution in [2.24, 2.45) is 0 Å². The summed E-state index contributed by atoms with van der Waals surface area (Å²) in [5, 5.41) is 22.3. The van der Waals surface area contributed by atoms with Crippen LogP contribution in [0.4, 0.5) is 0 Å². The first-order chi connectivity index (χ1) is 8.02. The molecule has 0 saturated heterocycles. The predicted octanol–water partition coefficient (Wildman–Crippen LogP) is 0.0526. The molecule has 1 aromatic heterocycles. The minimum absolute atomic E-state index is 0.0805. The Balaban J connectivity index is 2.22. The van der Waals surface area contributed by atoms with E-state index in [1.54, 1.807) is 6.92 Å². The molecule has 0 spiro atoms. The van der Waals surface area contributed by atoms with E-state index in [0.29, 0.717) is 18.8 Å². The van der Waals surface area contributed by atoms with Gasteiger partial charge in [0.25, 0.3) is 0 Å². The maximum Gasteiger partial charge on any atom is 0.320 e. The van der Waals surface area contributed by atoms with E-state index in [-0.39, 0.29) is 12.6 Å². The highest BCUT2D eigenvalue weighted by molar-refractivity contribution is 5.72. The molecule has 0 aromatic carbocycles. The average molecular weight is 239 g/mol. The average Bonchev–Trinajstić information content (AvgIpc) is 2.68. The highest BCUT2D eigenvalue weighted by Crippen LogP contribution is 2.20. The summed E-state index contributed by atoms with van der Waals surface area (Å²) in [5.41, 5.74) is 1.59. The van der Waals surface area contributed by atoms with Gasteiger partial charge in [0.2, 0.25) is 0 Å². The summed E-state index contributed by atoms with van der Waals surface area (Å²) in [4.78, 5) is 12.9. The van der Waals surface area contributed by atoms with Crippen molar-refractivity contribution in [3.63, 3.8) is 0 Å². The minimum Gasteiger partial charge on any atom is -0.480 e. The first-order valence-corrected chi connectivity index (χ1v) is 5.68. The monoisotopic (exact) mass is 239 g/mol. The highest BCUT2D eigenvalue weighted by Gasteiger charge is 2.30. The lowest BCUT2D eigenvalue weighted by Crippen LogP contribution is -2.49. The van der Waals surface area contributed by atoms with Gasteiger partial charge in [-0.25, -0.2) is 0 Å². The third-order valence-electron chi connectivity index (χ3n) is 3.28. The SMILES string of the molecule is CC1Cn2nc(CO)cc2CN1C(C)C(=O)O. The van der Waals surface area contributed by atoms with Gasteiger partial charge in [0, 0.05) is 12.6 Å². The Bertz CT molecular complexity index is 430. The minimum atomic E-state index is -0.813. The van der Waals surface area contributed by atoms with Gasteiger partial charge in [0.15, 0.2) is 0 Å². The Kier molecular flexibility index (Phi) is 3.17. The van der Waals surface area contributed by atoms with Gasteiger partial charge in [-0.3, -0.25) is 14.4 Å². The summed E-state index contributed by atoms with van der Waals surface area (Å²) < 4.78 is 1.85. The third kappa shape index (κ3) is 2.18. The molecule has 2 rings (SSSR count). The lowest BCUT2D eigenvalue weighted by molar-refractivity contribution is -0.144. The smallest absolute Gasteiger partial charge is 0.320 e. The number of aliphatic carboxylic acids is 1. The van der Waals surface area contributed by atoms with Crippen molar-refractivity contribution in [1.82, 2.24) is 14.7 Å². The van der Waals surface area contributed by atoms with Gasteiger partial charge < -0.3 is 10.2 Å². The number of hydrogen-bond donors (Lipinski definition) is 2. The molecule has 94 valence electrons. The van der Waals surface area contributed by atoms with Crippen LogP contribution in [0.25, 0.3) is 0 Å². The van der Waals surface area contributed by atoms with Crippen molar-refractivity contribution in [2.75, 3.05) is 0 Å². The normalized spacial score (nSPS) is 22.2. The Morgan fingerprint density at radius 3 is 3.00 bits per heavy atom.